The van der Waals surface area contributed by atoms with E-state index in [1.807, 2.05) is 0 Å². The van der Waals surface area contributed by atoms with Crippen molar-refractivity contribution in [2.75, 3.05) is 13.9 Å². The van der Waals surface area contributed by atoms with Crippen LogP contribution in [0.3, 0.4) is 0 Å². The van der Waals surface area contributed by atoms with Crippen LogP contribution in [0, 0.1) is 0 Å². The predicted octanol–water partition coefficient (Wildman–Crippen LogP) is 0.910. The van der Waals surface area contributed by atoms with Gasteiger partial charge in [-0.1, -0.05) is 12.8 Å². The molecule has 0 aromatic heterocycles. The average molecular weight is 160 g/mol. The van der Waals surface area contributed by atoms with Crippen LogP contribution in [0.1, 0.15) is 25.7 Å². The molecule has 0 aromatic rings. The number of methoxy groups -OCH3 is 1. The average Bonchev–Trinajstić information content (AvgIpc) is 2.03. The van der Waals surface area contributed by atoms with Gasteiger partial charge < -0.3 is 14.6 Å². The molecule has 3 heteroatoms. The molecule has 0 saturated heterocycles. The van der Waals surface area contributed by atoms with Crippen LogP contribution >= 0.6 is 0 Å². The molecule has 3 nitrogen and oxygen atoms in total. The van der Waals surface area contributed by atoms with E-state index in [0.717, 1.165) is 25.7 Å². The maximum absolute atomic E-state index is 9.42. The minimum absolute atomic E-state index is 0.00343. The lowest BCUT2D eigenvalue weighted by molar-refractivity contribution is -0.124. The first kappa shape index (κ1) is 8.97. The second kappa shape index (κ2) is 4.70. The van der Waals surface area contributed by atoms with E-state index in [9.17, 15) is 5.11 Å². The fraction of sp³-hybridized carbons (Fsp3) is 1.00. The van der Waals surface area contributed by atoms with Crippen molar-refractivity contribution in [3.8, 4) is 0 Å². The van der Waals surface area contributed by atoms with Crippen LogP contribution in [0.4, 0.5) is 0 Å². The van der Waals surface area contributed by atoms with Gasteiger partial charge >= 0.3 is 0 Å². The molecule has 1 N–H and O–H groups in total. The van der Waals surface area contributed by atoms with Crippen molar-refractivity contribution in [3.05, 3.63) is 0 Å². The zero-order valence-corrected chi connectivity index (χ0v) is 6.95. The predicted molar refractivity (Wildman–Crippen MR) is 41.2 cm³/mol. The van der Waals surface area contributed by atoms with Crippen molar-refractivity contribution in [2.45, 2.75) is 37.9 Å². The Kier molecular flexibility index (Phi) is 3.83. The standard InChI is InChI=1S/C8H16O3/c1-10-6-11-8-5-3-2-4-7(8)9/h7-9H,2-6H2,1H3/t7-,8+/m1/s1. The Labute approximate surface area is 67.3 Å². The molecule has 0 unspecified atom stereocenters. The van der Waals surface area contributed by atoms with E-state index in [2.05, 4.69) is 0 Å². The Hall–Kier alpha value is -0.120. The number of aliphatic hydroxyl groups excluding tert-OH is 1. The number of hydrogen-bond donors (Lipinski definition) is 1. The van der Waals surface area contributed by atoms with Gasteiger partial charge in [0.25, 0.3) is 0 Å². The summed E-state index contributed by atoms with van der Waals surface area (Å²) >= 11 is 0. The SMILES string of the molecule is COCO[C@H]1CCCC[C@H]1O. The van der Waals surface area contributed by atoms with Crippen molar-refractivity contribution in [1.82, 2.24) is 0 Å². The van der Waals surface area contributed by atoms with Crippen molar-refractivity contribution >= 4 is 0 Å². The molecule has 1 saturated carbocycles. The van der Waals surface area contributed by atoms with Gasteiger partial charge in [0.2, 0.25) is 0 Å². The Balaban J connectivity index is 2.18. The molecule has 0 radical (unpaired) electrons. The van der Waals surface area contributed by atoms with Crippen LogP contribution in [0.5, 0.6) is 0 Å². The summed E-state index contributed by atoms with van der Waals surface area (Å²) in [5.41, 5.74) is 0. The summed E-state index contributed by atoms with van der Waals surface area (Å²) in [6.45, 7) is 0.293. The van der Waals surface area contributed by atoms with Crippen LogP contribution in [0.2, 0.25) is 0 Å². The number of hydrogen-bond acceptors (Lipinski definition) is 3. The van der Waals surface area contributed by atoms with Gasteiger partial charge in [-0.05, 0) is 12.8 Å². The van der Waals surface area contributed by atoms with Gasteiger partial charge in [0.1, 0.15) is 6.79 Å². The molecule has 2 atom stereocenters. The Morgan fingerprint density at radius 2 is 2.09 bits per heavy atom. The molecule has 1 rings (SSSR count). The van der Waals surface area contributed by atoms with E-state index in [4.69, 9.17) is 9.47 Å². The molecule has 0 aromatic carbocycles. The van der Waals surface area contributed by atoms with Gasteiger partial charge in [0.05, 0.1) is 12.2 Å². The third kappa shape index (κ3) is 2.77. The summed E-state index contributed by atoms with van der Waals surface area (Å²) in [5.74, 6) is 0. The van der Waals surface area contributed by atoms with Crippen LogP contribution in [-0.2, 0) is 9.47 Å². The highest BCUT2D eigenvalue weighted by Crippen LogP contribution is 2.20. The summed E-state index contributed by atoms with van der Waals surface area (Å²) in [4.78, 5) is 0. The minimum Gasteiger partial charge on any atom is -0.390 e. The normalized spacial score (nSPS) is 32.2. The van der Waals surface area contributed by atoms with Gasteiger partial charge in [-0.2, -0.15) is 0 Å². The molecule has 0 amide bonds. The molecular formula is C8H16O3. The van der Waals surface area contributed by atoms with Crippen molar-refractivity contribution in [2.24, 2.45) is 0 Å². The van der Waals surface area contributed by atoms with Crippen molar-refractivity contribution < 1.29 is 14.6 Å². The maximum Gasteiger partial charge on any atom is 0.146 e. The van der Waals surface area contributed by atoms with E-state index in [1.165, 1.54) is 0 Å². The van der Waals surface area contributed by atoms with E-state index in [0.29, 0.717) is 6.79 Å². The molecule has 66 valence electrons. The summed E-state index contributed by atoms with van der Waals surface area (Å²) in [5, 5.41) is 9.42. The third-order valence-corrected chi connectivity index (χ3v) is 2.07. The van der Waals surface area contributed by atoms with E-state index >= 15 is 0 Å². The fourth-order valence-corrected chi connectivity index (χ4v) is 1.43. The fourth-order valence-electron chi connectivity index (χ4n) is 1.43. The quantitative estimate of drug-likeness (QED) is 0.624. The maximum atomic E-state index is 9.42. The van der Waals surface area contributed by atoms with Crippen LogP contribution < -0.4 is 0 Å². The molecule has 11 heavy (non-hydrogen) atoms. The van der Waals surface area contributed by atoms with Gasteiger partial charge in [-0.3, -0.25) is 0 Å². The summed E-state index contributed by atoms with van der Waals surface area (Å²) in [6.07, 6.45) is 3.83. The first-order chi connectivity index (χ1) is 5.34. The lowest BCUT2D eigenvalue weighted by atomic mass is 9.95. The molecule has 1 aliphatic rings. The molecule has 0 bridgehead atoms. The topological polar surface area (TPSA) is 38.7 Å². The van der Waals surface area contributed by atoms with Gasteiger partial charge in [0, 0.05) is 7.11 Å². The summed E-state index contributed by atoms with van der Waals surface area (Å²) in [7, 11) is 1.59. The molecule has 1 fully saturated rings. The molecule has 1 aliphatic carbocycles. The minimum atomic E-state index is -0.279. The second-order valence-electron chi connectivity index (χ2n) is 2.96. The summed E-state index contributed by atoms with van der Waals surface area (Å²) in [6, 6.07) is 0. The van der Waals surface area contributed by atoms with Gasteiger partial charge in [0.15, 0.2) is 0 Å². The highest BCUT2D eigenvalue weighted by Gasteiger charge is 2.23. The first-order valence-corrected chi connectivity index (χ1v) is 4.13. The van der Waals surface area contributed by atoms with E-state index in [1.54, 1.807) is 7.11 Å². The van der Waals surface area contributed by atoms with Crippen molar-refractivity contribution in [3.63, 3.8) is 0 Å². The molecule has 0 spiro atoms. The number of aliphatic hydroxyl groups is 1. The Morgan fingerprint density at radius 3 is 2.73 bits per heavy atom. The zero-order valence-electron chi connectivity index (χ0n) is 6.95. The molecule has 0 aliphatic heterocycles. The third-order valence-electron chi connectivity index (χ3n) is 2.07. The van der Waals surface area contributed by atoms with Crippen LogP contribution in [0.15, 0.2) is 0 Å². The highest BCUT2D eigenvalue weighted by molar-refractivity contribution is 4.74. The van der Waals surface area contributed by atoms with E-state index < -0.39 is 0 Å². The lowest BCUT2D eigenvalue weighted by Gasteiger charge is -2.26. The summed E-state index contributed by atoms with van der Waals surface area (Å²) < 4.78 is 10.0. The second-order valence-corrected chi connectivity index (χ2v) is 2.96. The lowest BCUT2D eigenvalue weighted by Crippen LogP contribution is -2.32. The monoisotopic (exact) mass is 160 g/mol. The molecular weight excluding hydrogens is 144 g/mol. The van der Waals surface area contributed by atoms with Gasteiger partial charge in [-0.15, -0.1) is 0 Å². The first-order valence-electron chi connectivity index (χ1n) is 4.13. The van der Waals surface area contributed by atoms with Crippen molar-refractivity contribution in [1.29, 1.82) is 0 Å². The smallest absolute Gasteiger partial charge is 0.146 e. The van der Waals surface area contributed by atoms with E-state index in [-0.39, 0.29) is 12.2 Å². The zero-order chi connectivity index (χ0) is 8.10. The molecule has 0 heterocycles. The largest absolute Gasteiger partial charge is 0.390 e. The van der Waals surface area contributed by atoms with Gasteiger partial charge in [-0.25, -0.2) is 0 Å². The van der Waals surface area contributed by atoms with Crippen LogP contribution in [-0.4, -0.2) is 31.2 Å². The Bertz CT molecular complexity index is 106. The number of rotatable bonds is 3. The number of ether oxygens (including phenoxy) is 2. The van der Waals surface area contributed by atoms with Crippen LogP contribution in [0.25, 0.3) is 0 Å². The highest BCUT2D eigenvalue weighted by atomic mass is 16.7. The Morgan fingerprint density at radius 1 is 1.36 bits per heavy atom.